The van der Waals surface area contributed by atoms with Gasteiger partial charge in [-0.25, -0.2) is 4.39 Å². The van der Waals surface area contributed by atoms with Gasteiger partial charge in [0.05, 0.1) is 18.5 Å². The molecule has 0 aliphatic carbocycles. The van der Waals surface area contributed by atoms with Crippen molar-refractivity contribution in [1.82, 2.24) is 9.78 Å². The zero-order chi connectivity index (χ0) is 13.8. The summed E-state index contributed by atoms with van der Waals surface area (Å²) in [7, 11) is 0. The van der Waals surface area contributed by atoms with Crippen molar-refractivity contribution in [3.05, 3.63) is 42.0 Å². The lowest BCUT2D eigenvalue weighted by molar-refractivity contribution is 0.194. The van der Waals surface area contributed by atoms with Gasteiger partial charge in [-0.1, -0.05) is 19.1 Å². The summed E-state index contributed by atoms with van der Waals surface area (Å²) in [6.45, 7) is 4.40. The Morgan fingerprint density at radius 2 is 2.26 bits per heavy atom. The van der Waals surface area contributed by atoms with E-state index in [0.29, 0.717) is 11.3 Å². The minimum Gasteiger partial charge on any atom is -0.451 e. The molecule has 2 rings (SSSR count). The number of benzene rings is 1. The highest BCUT2D eigenvalue weighted by molar-refractivity contribution is 5.39. The summed E-state index contributed by atoms with van der Waals surface area (Å²) in [5, 5.41) is 13.7. The molecule has 0 spiro atoms. The Morgan fingerprint density at radius 3 is 2.95 bits per heavy atom. The van der Waals surface area contributed by atoms with E-state index in [2.05, 4.69) is 5.10 Å². The maximum Gasteiger partial charge on any atom is 0.168 e. The van der Waals surface area contributed by atoms with Crippen LogP contribution in [0.2, 0.25) is 0 Å². The van der Waals surface area contributed by atoms with E-state index >= 15 is 0 Å². The molecule has 4 nitrogen and oxygen atoms in total. The average Bonchev–Trinajstić information content (AvgIpc) is 2.79. The van der Waals surface area contributed by atoms with Crippen molar-refractivity contribution in [2.75, 3.05) is 0 Å². The maximum absolute atomic E-state index is 13.8. The second kappa shape index (κ2) is 5.84. The monoisotopic (exact) mass is 264 g/mol. The minimum atomic E-state index is -0.795. The fraction of sp³-hybridized carbons (Fsp3) is 0.357. The summed E-state index contributed by atoms with van der Waals surface area (Å²) in [5.74, 6) is 0.00985. The van der Waals surface area contributed by atoms with E-state index in [-0.39, 0.29) is 5.75 Å². The number of rotatable bonds is 5. The number of aryl methyl sites for hydroxylation is 1. The van der Waals surface area contributed by atoms with E-state index in [0.717, 1.165) is 13.0 Å². The molecule has 1 aromatic carbocycles. The normalized spacial score (nSPS) is 12.4. The number of hydrogen-bond donors (Lipinski definition) is 1. The summed E-state index contributed by atoms with van der Waals surface area (Å²) in [6, 6.07) is 4.49. The highest BCUT2D eigenvalue weighted by atomic mass is 19.1. The highest BCUT2D eigenvalue weighted by Gasteiger charge is 2.15. The van der Waals surface area contributed by atoms with Crippen LogP contribution in [0.1, 0.15) is 31.9 Å². The molecule has 19 heavy (non-hydrogen) atoms. The van der Waals surface area contributed by atoms with Gasteiger partial charge in [0.25, 0.3) is 0 Å². The molecule has 0 aliphatic rings. The van der Waals surface area contributed by atoms with Crippen LogP contribution in [0, 0.1) is 5.82 Å². The van der Waals surface area contributed by atoms with Crippen LogP contribution >= 0.6 is 0 Å². The number of ether oxygens (including phenoxy) is 1. The molecule has 0 amide bonds. The molecule has 5 heteroatoms. The first-order valence-corrected chi connectivity index (χ1v) is 6.28. The number of aliphatic hydroxyl groups excluding tert-OH is 1. The largest absolute Gasteiger partial charge is 0.451 e. The Labute approximate surface area is 111 Å². The SMILES string of the molecule is CCCn1cc(Oc2c(F)cccc2[C@H](C)O)cn1. The van der Waals surface area contributed by atoms with E-state index in [9.17, 15) is 9.50 Å². The summed E-state index contributed by atoms with van der Waals surface area (Å²) >= 11 is 0. The van der Waals surface area contributed by atoms with Crippen LogP contribution in [0.15, 0.2) is 30.6 Å². The molecule has 1 N–H and O–H groups in total. The van der Waals surface area contributed by atoms with Gasteiger partial charge in [0.15, 0.2) is 17.3 Å². The molecule has 2 aromatic rings. The lowest BCUT2D eigenvalue weighted by Crippen LogP contribution is -1.98. The number of para-hydroxylation sites is 1. The van der Waals surface area contributed by atoms with Crippen LogP contribution in [0.5, 0.6) is 11.5 Å². The lowest BCUT2D eigenvalue weighted by Gasteiger charge is -2.12. The van der Waals surface area contributed by atoms with Crippen LogP contribution < -0.4 is 4.74 Å². The number of nitrogens with zero attached hydrogens (tertiary/aromatic N) is 2. The Bertz CT molecular complexity index is 552. The van der Waals surface area contributed by atoms with Gasteiger partial charge in [-0.15, -0.1) is 0 Å². The van der Waals surface area contributed by atoms with Crippen LogP contribution in [0.4, 0.5) is 4.39 Å². The highest BCUT2D eigenvalue weighted by Crippen LogP contribution is 2.31. The fourth-order valence-corrected chi connectivity index (χ4v) is 1.83. The van der Waals surface area contributed by atoms with Crippen molar-refractivity contribution >= 4 is 0 Å². The fourth-order valence-electron chi connectivity index (χ4n) is 1.83. The molecule has 0 unspecified atom stereocenters. The molecule has 1 atom stereocenters. The third-order valence-corrected chi connectivity index (χ3v) is 2.73. The smallest absolute Gasteiger partial charge is 0.168 e. The number of aliphatic hydroxyl groups is 1. The van der Waals surface area contributed by atoms with Crippen molar-refractivity contribution in [2.24, 2.45) is 0 Å². The average molecular weight is 264 g/mol. The molecule has 0 fully saturated rings. The van der Waals surface area contributed by atoms with E-state index in [1.54, 1.807) is 29.9 Å². The minimum absolute atomic E-state index is 0.0496. The van der Waals surface area contributed by atoms with Crippen molar-refractivity contribution in [2.45, 2.75) is 32.9 Å². The number of halogens is 1. The summed E-state index contributed by atoms with van der Waals surface area (Å²) in [5.41, 5.74) is 0.420. The first kappa shape index (κ1) is 13.5. The van der Waals surface area contributed by atoms with Crippen LogP contribution in [0.3, 0.4) is 0 Å². The van der Waals surface area contributed by atoms with Gasteiger partial charge in [0.2, 0.25) is 0 Å². The molecule has 0 aliphatic heterocycles. The van der Waals surface area contributed by atoms with Crippen LogP contribution in [-0.4, -0.2) is 14.9 Å². The molecule has 0 radical (unpaired) electrons. The summed E-state index contributed by atoms with van der Waals surface area (Å²) in [4.78, 5) is 0. The van der Waals surface area contributed by atoms with Crippen molar-refractivity contribution < 1.29 is 14.2 Å². The zero-order valence-corrected chi connectivity index (χ0v) is 11.0. The summed E-state index contributed by atoms with van der Waals surface area (Å²) in [6.07, 6.45) is 3.41. The molecular weight excluding hydrogens is 247 g/mol. The van der Waals surface area contributed by atoms with Gasteiger partial charge in [0, 0.05) is 12.1 Å². The third-order valence-electron chi connectivity index (χ3n) is 2.73. The predicted octanol–water partition coefficient (Wildman–Crippen LogP) is 3.28. The second-order valence-corrected chi connectivity index (χ2v) is 4.38. The standard InChI is InChI=1S/C14H17FN2O2/c1-3-7-17-9-11(8-16-17)19-14-12(10(2)18)5-4-6-13(14)15/h4-6,8-10,18H,3,7H2,1-2H3/t10-/m0/s1. The second-order valence-electron chi connectivity index (χ2n) is 4.38. The Hall–Kier alpha value is -1.88. The maximum atomic E-state index is 13.8. The molecule has 0 bridgehead atoms. The Balaban J connectivity index is 2.26. The molecule has 1 aromatic heterocycles. The Morgan fingerprint density at radius 1 is 1.47 bits per heavy atom. The van der Waals surface area contributed by atoms with Crippen molar-refractivity contribution in [3.63, 3.8) is 0 Å². The quantitative estimate of drug-likeness (QED) is 0.901. The van der Waals surface area contributed by atoms with E-state index < -0.39 is 11.9 Å². The van der Waals surface area contributed by atoms with Crippen molar-refractivity contribution in [1.29, 1.82) is 0 Å². The van der Waals surface area contributed by atoms with E-state index in [1.165, 1.54) is 12.3 Å². The zero-order valence-electron chi connectivity index (χ0n) is 11.0. The van der Waals surface area contributed by atoms with Gasteiger partial charge in [-0.05, 0) is 19.4 Å². The van der Waals surface area contributed by atoms with E-state index in [4.69, 9.17) is 4.74 Å². The molecule has 1 heterocycles. The molecule has 102 valence electrons. The number of hydrogen-bond acceptors (Lipinski definition) is 3. The van der Waals surface area contributed by atoms with Crippen LogP contribution in [-0.2, 0) is 6.54 Å². The predicted molar refractivity (Wildman–Crippen MR) is 69.6 cm³/mol. The van der Waals surface area contributed by atoms with Gasteiger partial charge < -0.3 is 9.84 Å². The van der Waals surface area contributed by atoms with Crippen molar-refractivity contribution in [3.8, 4) is 11.5 Å². The lowest BCUT2D eigenvalue weighted by atomic mass is 10.1. The molecule has 0 saturated carbocycles. The van der Waals surface area contributed by atoms with Crippen LogP contribution in [0.25, 0.3) is 0 Å². The summed E-state index contributed by atoms with van der Waals surface area (Å²) < 4.78 is 21.0. The Kier molecular flexibility index (Phi) is 4.16. The number of aromatic nitrogens is 2. The molecular formula is C14H17FN2O2. The van der Waals surface area contributed by atoms with E-state index in [1.807, 2.05) is 6.92 Å². The molecule has 0 saturated heterocycles. The van der Waals surface area contributed by atoms with Gasteiger partial charge in [-0.2, -0.15) is 5.10 Å². The first-order chi connectivity index (χ1) is 9.11. The topological polar surface area (TPSA) is 47.3 Å². The van der Waals surface area contributed by atoms with Gasteiger partial charge in [-0.3, -0.25) is 4.68 Å². The third kappa shape index (κ3) is 3.12. The first-order valence-electron chi connectivity index (χ1n) is 6.28. The van der Waals surface area contributed by atoms with Gasteiger partial charge >= 0.3 is 0 Å². The van der Waals surface area contributed by atoms with Gasteiger partial charge in [0.1, 0.15) is 0 Å².